The molecule has 0 unspecified atom stereocenters. The number of hydrogen-bond donors (Lipinski definition) is 1. The summed E-state index contributed by atoms with van der Waals surface area (Å²) in [4.78, 5) is 17.9. The van der Waals surface area contributed by atoms with Gasteiger partial charge >= 0.3 is 6.18 Å². The van der Waals surface area contributed by atoms with Crippen molar-refractivity contribution >= 4 is 23.1 Å². The van der Waals surface area contributed by atoms with Gasteiger partial charge in [-0.05, 0) is 18.2 Å². The standard InChI is InChI=1S/C21H11F6N3O2S/c22-10-5-14(23)13(15(24)6-10)8-30-9-29-20(33)12-7-11(1-2-16(12)30)32-19-18(21(25,26)27)17(31)3-4-28-19/h1-7,9H,8H2,(H,28,31). The second-order valence-corrected chi connectivity index (χ2v) is 7.24. The number of nitrogens with zero attached hydrogens (tertiary/aromatic N) is 2. The summed E-state index contributed by atoms with van der Waals surface area (Å²) >= 11 is 5.16. The largest absolute Gasteiger partial charge is 0.440 e. The third-order valence-electron chi connectivity index (χ3n) is 4.68. The van der Waals surface area contributed by atoms with Crippen molar-refractivity contribution in [1.82, 2.24) is 14.5 Å². The minimum atomic E-state index is -4.96. The maximum Gasteiger partial charge on any atom is 0.425 e. The maximum atomic E-state index is 14.1. The molecule has 0 radical (unpaired) electrons. The van der Waals surface area contributed by atoms with E-state index in [0.29, 0.717) is 17.6 Å². The quantitative estimate of drug-likeness (QED) is 0.298. The summed E-state index contributed by atoms with van der Waals surface area (Å²) in [6.45, 7) is -0.360. The van der Waals surface area contributed by atoms with Crippen LogP contribution in [0.2, 0.25) is 0 Å². The molecule has 2 aromatic carbocycles. The van der Waals surface area contributed by atoms with E-state index < -0.39 is 46.1 Å². The molecule has 0 saturated carbocycles. The van der Waals surface area contributed by atoms with Gasteiger partial charge in [0.1, 0.15) is 27.8 Å². The second kappa shape index (κ2) is 8.35. The van der Waals surface area contributed by atoms with E-state index in [2.05, 4.69) is 9.97 Å². The molecule has 0 aliphatic rings. The van der Waals surface area contributed by atoms with Gasteiger partial charge in [-0.2, -0.15) is 13.2 Å². The third kappa shape index (κ3) is 4.46. The highest BCUT2D eigenvalue weighted by Crippen LogP contribution is 2.35. The number of pyridine rings is 1. The van der Waals surface area contributed by atoms with Gasteiger partial charge in [0.15, 0.2) is 11.0 Å². The number of aromatic nitrogens is 3. The second-order valence-electron chi connectivity index (χ2n) is 6.85. The van der Waals surface area contributed by atoms with Gasteiger partial charge in [-0.15, -0.1) is 0 Å². The van der Waals surface area contributed by atoms with E-state index in [-0.39, 0.29) is 22.3 Å². The molecule has 0 atom stereocenters. The fourth-order valence-corrected chi connectivity index (χ4v) is 3.41. The first kappa shape index (κ1) is 22.5. The van der Waals surface area contributed by atoms with Gasteiger partial charge in [-0.25, -0.2) is 18.2 Å². The van der Waals surface area contributed by atoms with E-state index in [1.165, 1.54) is 29.1 Å². The lowest BCUT2D eigenvalue weighted by atomic mass is 10.1. The molecule has 0 saturated heterocycles. The number of alkyl halides is 3. The molecular formula is C21H11F6N3O2S. The molecular weight excluding hydrogens is 472 g/mol. The number of ether oxygens (including phenoxy) is 1. The van der Waals surface area contributed by atoms with Crippen molar-refractivity contribution in [2.24, 2.45) is 0 Å². The lowest BCUT2D eigenvalue weighted by Crippen LogP contribution is -2.20. The highest BCUT2D eigenvalue weighted by Gasteiger charge is 2.38. The molecule has 5 nitrogen and oxygen atoms in total. The topological polar surface area (TPSA) is 59.9 Å². The van der Waals surface area contributed by atoms with E-state index in [1.807, 2.05) is 0 Å². The molecule has 4 aromatic rings. The van der Waals surface area contributed by atoms with E-state index >= 15 is 0 Å². The number of halogens is 6. The van der Waals surface area contributed by atoms with Crippen molar-refractivity contribution in [2.45, 2.75) is 12.7 Å². The molecule has 1 N–H and O–H groups in total. The Hall–Kier alpha value is -3.67. The van der Waals surface area contributed by atoms with Crippen molar-refractivity contribution in [3.63, 3.8) is 0 Å². The Morgan fingerprint density at radius 1 is 1.06 bits per heavy atom. The van der Waals surface area contributed by atoms with Crippen LogP contribution >= 0.6 is 12.2 Å². The zero-order chi connectivity index (χ0) is 23.9. The summed E-state index contributed by atoms with van der Waals surface area (Å²) in [5, 5.41) is 0.236. The molecule has 170 valence electrons. The molecule has 2 heterocycles. The average Bonchev–Trinajstić information content (AvgIpc) is 2.71. The minimum absolute atomic E-state index is 0.0457. The lowest BCUT2D eigenvalue weighted by molar-refractivity contribution is -0.139. The monoisotopic (exact) mass is 483 g/mol. The first-order chi connectivity index (χ1) is 15.5. The Bertz CT molecular complexity index is 1470. The molecule has 12 heteroatoms. The normalized spacial score (nSPS) is 11.7. The Kier molecular flexibility index (Phi) is 5.70. The summed E-state index contributed by atoms with van der Waals surface area (Å²) in [6.07, 6.45) is -2.73. The Balaban J connectivity index is 1.77. The van der Waals surface area contributed by atoms with E-state index in [0.717, 1.165) is 12.3 Å². The van der Waals surface area contributed by atoms with Gasteiger partial charge in [-0.1, -0.05) is 12.2 Å². The van der Waals surface area contributed by atoms with Crippen LogP contribution in [-0.4, -0.2) is 14.5 Å². The van der Waals surface area contributed by atoms with Gasteiger partial charge in [0.25, 0.3) is 0 Å². The molecule has 0 aliphatic carbocycles. The van der Waals surface area contributed by atoms with E-state index in [9.17, 15) is 31.1 Å². The Morgan fingerprint density at radius 2 is 1.76 bits per heavy atom. The summed E-state index contributed by atoms with van der Waals surface area (Å²) in [5.41, 5.74) is -2.86. The summed E-state index contributed by atoms with van der Waals surface area (Å²) in [7, 11) is 0. The third-order valence-corrected chi connectivity index (χ3v) is 5.01. The van der Waals surface area contributed by atoms with Gasteiger partial charge in [0.2, 0.25) is 5.88 Å². The fourth-order valence-electron chi connectivity index (χ4n) is 3.20. The number of fused-ring (bicyclic) bond motifs is 1. The van der Waals surface area contributed by atoms with Crippen LogP contribution in [0.5, 0.6) is 11.6 Å². The van der Waals surface area contributed by atoms with Gasteiger partial charge in [0.05, 0.1) is 18.4 Å². The van der Waals surface area contributed by atoms with E-state index in [4.69, 9.17) is 17.0 Å². The number of rotatable bonds is 4. The van der Waals surface area contributed by atoms with Crippen molar-refractivity contribution in [3.8, 4) is 11.6 Å². The molecule has 0 aliphatic heterocycles. The lowest BCUT2D eigenvalue weighted by Gasteiger charge is -2.15. The molecule has 2 aromatic heterocycles. The van der Waals surface area contributed by atoms with Gasteiger partial charge in [-0.3, -0.25) is 4.79 Å². The zero-order valence-corrected chi connectivity index (χ0v) is 17.0. The highest BCUT2D eigenvalue weighted by atomic mass is 32.1. The van der Waals surface area contributed by atoms with Crippen LogP contribution < -0.4 is 10.2 Å². The molecule has 0 spiro atoms. The first-order valence-corrected chi connectivity index (χ1v) is 9.55. The van der Waals surface area contributed by atoms with Crippen LogP contribution in [0.25, 0.3) is 10.9 Å². The molecule has 33 heavy (non-hydrogen) atoms. The molecule has 0 bridgehead atoms. The minimum Gasteiger partial charge on any atom is -0.440 e. The smallest absolute Gasteiger partial charge is 0.425 e. The Labute approximate surface area is 185 Å². The van der Waals surface area contributed by atoms with Crippen LogP contribution in [0, 0.1) is 22.1 Å². The predicted molar refractivity (Wildman–Crippen MR) is 108 cm³/mol. The number of nitrogens with one attached hydrogen (secondary N) is 1. The number of aromatic amines is 1. The number of H-pyrrole nitrogens is 1. The van der Waals surface area contributed by atoms with Gasteiger partial charge in [0, 0.05) is 35.3 Å². The van der Waals surface area contributed by atoms with Crippen LogP contribution in [0.1, 0.15) is 11.1 Å². The van der Waals surface area contributed by atoms with Crippen LogP contribution in [0.3, 0.4) is 0 Å². The fraction of sp³-hybridized carbons (Fsp3) is 0.0952. The predicted octanol–water partition coefficient (Wildman–Crippen LogP) is 5.73. The first-order valence-electron chi connectivity index (χ1n) is 9.14. The Morgan fingerprint density at radius 3 is 2.42 bits per heavy atom. The van der Waals surface area contributed by atoms with Crippen molar-refractivity contribution in [3.05, 3.63) is 92.4 Å². The zero-order valence-electron chi connectivity index (χ0n) is 16.2. The molecule has 4 rings (SSSR count). The summed E-state index contributed by atoms with van der Waals surface area (Å²) < 4.78 is 87.8. The van der Waals surface area contributed by atoms with Crippen molar-refractivity contribution < 1.29 is 31.1 Å². The van der Waals surface area contributed by atoms with Gasteiger partial charge < -0.3 is 14.3 Å². The van der Waals surface area contributed by atoms with Crippen molar-refractivity contribution in [1.29, 1.82) is 0 Å². The van der Waals surface area contributed by atoms with E-state index in [1.54, 1.807) is 0 Å². The average molecular weight is 483 g/mol. The van der Waals surface area contributed by atoms with Crippen LogP contribution in [0.15, 0.2) is 53.7 Å². The molecule has 0 amide bonds. The number of hydrogen-bond acceptors (Lipinski definition) is 4. The SMILES string of the molecule is O=c1cc[nH]c(Oc2ccc3c(c2)c(=S)ncn3Cc2c(F)cc(F)cc2F)c1C(F)(F)F. The van der Waals surface area contributed by atoms with Crippen LogP contribution in [0.4, 0.5) is 26.3 Å². The maximum absolute atomic E-state index is 14.1. The van der Waals surface area contributed by atoms with Crippen LogP contribution in [-0.2, 0) is 12.7 Å². The molecule has 0 fully saturated rings. The number of benzene rings is 2. The van der Waals surface area contributed by atoms with Crippen molar-refractivity contribution in [2.75, 3.05) is 0 Å². The summed E-state index contributed by atoms with van der Waals surface area (Å²) in [6, 6.07) is 5.77. The highest BCUT2D eigenvalue weighted by molar-refractivity contribution is 7.71. The summed E-state index contributed by atoms with van der Waals surface area (Å²) in [5.74, 6) is -4.17.